The SMILES string of the molecule is CCCC(CCC)C(CC(=O)C(C)(C)C)Cc1cccc(C)c1. The lowest BCUT2D eigenvalue weighted by Gasteiger charge is -2.29. The predicted molar refractivity (Wildman–Crippen MR) is 101 cm³/mol. The molecule has 0 fully saturated rings. The van der Waals surface area contributed by atoms with Crippen molar-refractivity contribution in [3.8, 4) is 0 Å². The zero-order valence-corrected chi connectivity index (χ0v) is 16.1. The van der Waals surface area contributed by atoms with Crippen LogP contribution in [0.1, 0.15) is 77.8 Å². The summed E-state index contributed by atoms with van der Waals surface area (Å²) in [6.07, 6.45) is 6.65. The Hall–Kier alpha value is -1.11. The average molecular weight is 317 g/mol. The third kappa shape index (κ3) is 6.89. The fourth-order valence-corrected chi connectivity index (χ4v) is 3.45. The Labute approximate surface area is 143 Å². The molecule has 0 amide bonds. The van der Waals surface area contributed by atoms with Crippen LogP contribution in [0.25, 0.3) is 0 Å². The first-order valence-electron chi connectivity index (χ1n) is 9.36. The lowest BCUT2D eigenvalue weighted by atomic mass is 9.75. The monoisotopic (exact) mass is 316 g/mol. The minimum Gasteiger partial charge on any atom is -0.299 e. The van der Waals surface area contributed by atoms with Gasteiger partial charge in [0.1, 0.15) is 5.78 Å². The van der Waals surface area contributed by atoms with Gasteiger partial charge in [-0.2, -0.15) is 0 Å². The number of carbonyl (C=O) groups excluding carboxylic acids is 1. The summed E-state index contributed by atoms with van der Waals surface area (Å²) in [6, 6.07) is 8.79. The molecule has 0 bridgehead atoms. The lowest BCUT2D eigenvalue weighted by molar-refractivity contribution is -0.127. The molecular formula is C22H36O. The van der Waals surface area contributed by atoms with E-state index >= 15 is 0 Å². The fourth-order valence-electron chi connectivity index (χ4n) is 3.45. The van der Waals surface area contributed by atoms with Crippen molar-refractivity contribution in [1.82, 2.24) is 0 Å². The number of hydrogen-bond donors (Lipinski definition) is 0. The van der Waals surface area contributed by atoms with Crippen molar-refractivity contribution in [1.29, 1.82) is 0 Å². The summed E-state index contributed by atoms with van der Waals surface area (Å²) in [4.78, 5) is 12.6. The molecule has 0 aliphatic carbocycles. The zero-order valence-electron chi connectivity index (χ0n) is 16.1. The highest BCUT2D eigenvalue weighted by molar-refractivity contribution is 5.83. The van der Waals surface area contributed by atoms with Gasteiger partial charge < -0.3 is 0 Å². The minimum absolute atomic E-state index is 0.228. The number of Topliss-reactive ketones (excluding diaryl/α,β-unsaturated/α-hetero) is 1. The van der Waals surface area contributed by atoms with Crippen molar-refractivity contribution < 1.29 is 4.79 Å². The molecule has 0 saturated carbocycles. The van der Waals surface area contributed by atoms with Gasteiger partial charge in [-0.05, 0) is 30.7 Å². The largest absolute Gasteiger partial charge is 0.299 e. The van der Waals surface area contributed by atoms with Crippen molar-refractivity contribution in [2.24, 2.45) is 17.3 Å². The van der Waals surface area contributed by atoms with Crippen molar-refractivity contribution in [3.05, 3.63) is 35.4 Å². The molecule has 0 spiro atoms. The van der Waals surface area contributed by atoms with Crippen molar-refractivity contribution >= 4 is 5.78 Å². The second-order valence-corrected chi connectivity index (χ2v) is 8.17. The number of rotatable bonds is 9. The highest BCUT2D eigenvalue weighted by atomic mass is 16.1. The first-order valence-corrected chi connectivity index (χ1v) is 9.36. The van der Waals surface area contributed by atoms with Gasteiger partial charge in [0.25, 0.3) is 0 Å². The van der Waals surface area contributed by atoms with Crippen LogP contribution in [0, 0.1) is 24.2 Å². The van der Waals surface area contributed by atoms with E-state index in [2.05, 4.69) is 45.0 Å². The van der Waals surface area contributed by atoms with Crippen LogP contribution < -0.4 is 0 Å². The highest BCUT2D eigenvalue weighted by Crippen LogP contribution is 2.32. The molecule has 1 aromatic carbocycles. The predicted octanol–water partition coefficient (Wildman–Crippen LogP) is 6.38. The van der Waals surface area contributed by atoms with Crippen molar-refractivity contribution in [2.75, 3.05) is 0 Å². The van der Waals surface area contributed by atoms with E-state index in [0.29, 0.717) is 17.6 Å². The van der Waals surface area contributed by atoms with E-state index in [-0.39, 0.29) is 5.41 Å². The molecule has 1 heteroatoms. The van der Waals surface area contributed by atoms with Crippen LogP contribution in [0.15, 0.2) is 24.3 Å². The van der Waals surface area contributed by atoms with Crippen LogP contribution in [-0.2, 0) is 11.2 Å². The van der Waals surface area contributed by atoms with Gasteiger partial charge >= 0.3 is 0 Å². The van der Waals surface area contributed by atoms with Gasteiger partial charge in [0.05, 0.1) is 0 Å². The number of ketones is 1. The minimum atomic E-state index is -0.228. The van der Waals surface area contributed by atoms with E-state index in [9.17, 15) is 4.79 Å². The Bertz CT molecular complexity index is 475. The molecule has 0 heterocycles. The Morgan fingerprint density at radius 1 is 1.04 bits per heavy atom. The first-order chi connectivity index (χ1) is 10.8. The average Bonchev–Trinajstić information content (AvgIpc) is 2.45. The van der Waals surface area contributed by atoms with E-state index in [1.54, 1.807) is 0 Å². The lowest BCUT2D eigenvalue weighted by Crippen LogP contribution is -2.27. The van der Waals surface area contributed by atoms with Gasteiger partial charge in [-0.3, -0.25) is 4.79 Å². The van der Waals surface area contributed by atoms with Crippen LogP contribution in [0.5, 0.6) is 0 Å². The molecule has 23 heavy (non-hydrogen) atoms. The fraction of sp³-hybridized carbons (Fsp3) is 0.682. The standard InChI is InChI=1S/C22H36O/c1-7-10-19(11-8-2)20(16-21(23)22(4,5)6)15-18-13-9-12-17(3)14-18/h9,12-14,19-20H,7-8,10-11,15-16H2,1-6H3. The Morgan fingerprint density at radius 3 is 2.13 bits per heavy atom. The molecule has 1 unspecified atom stereocenters. The maximum Gasteiger partial charge on any atom is 0.138 e. The maximum atomic E-state index is 12.6. The highest BCUT2D eigenvalue weighted by Gasteiger charge is 2.28. The van der Waals surface area contributed by atoms with Crippen LogP contribution in [0.4, 0.5) is 0 Å². The molecule has 0 saturated heterocycles. The molecule has 1 nitrogen and oxygen atoms in total. The number of carbonyl (C=O) groups is 1. The Kier molecular flexibility index (Phi) is 8.02. The Balaban J connectivity index is 2.96. The van der Waals surface area contributed by atoms with E-state index in [1.807, 2.05) is 20.8 Å². The summed E-state index contributed by atoms with van der Waals surface area (Å²) in [6.45, 7) is 12.8. The molecule has 0 radical (unpaired) electrons. The van der Waals surface area contributed by atoms with Gasteiger partial charge in [0.15, 0.2) is 0 Å². The topological polar surface area (TPSA) is 17.1 Å². The molecule has 130 valence electrons. The second-order valence-electron chi connectivity index (χ2n) is 8.17. The molecule has 1 atom stereocenters. The summed E-state index contributed by atoms with van der Waals surface area (Å²) < 4.78 is 0. The van der Waals surface area contributed by atoms with E-state index in [1.165, 1.54) is 36.8 Å². The quantitative estimate of drug-likeness (QED) is 0.517. The van der Waals surface area contributed by atoms with Crippen LogP contribution in [0.3, 0.4) is 0 Å². The molecule has 0 N–H and O–H groups in total. The summed E-state index contributed by atoms with van der Waals surface area (Å²) >= 11 is 0. The third-order valence-electron chi connectivity index (χ3n) is 4.85. The van der Waals surface area contributed by atoms with Gasteiger partial charge in [0.2, 0.25) is 0 Å². The Morgan fingerprint density at radius 2 is 1.65 bits per heavy atom. The zero-order chi connectivity index (χ0) is 17.5. The van der Waals surface area contributed by atoms with Crippen LogP contribution in [-0.4, -0.2) is 5.78 Å². The maximum absolute atomic E-state index is 12.6. The van der Waals surface area contributed by atoms with Crippen molar-refractivity contribution in [3.63, 3.8) is 0 Å². The van der Waals surface area contributed by atoms with Gasteiger partial charge in [-0.25, -0.2) is 0 Å². The second kappa shape index (κ2) is 9.25. The summed E-state index contributed by atoms with van der Waals surface area (Å²) in [5.41, 5.74) is 2.47. The molecule has 0 aliphatic heterocycles. The molecule has 1 aromatic rings. The molecule has 0 aliphatic rings. The number of hydrogen-bond acceptors (Lipinski definition) is 1. The van der Waals surface area contributed by atoms with Crippen LogP contribution >= 0.6 is 0 Å². The van der Waals surface area contributed by atoms with E-state index in [4.69, 9.17) is 0 Å². The summed E-state index contributed by atoms with van der Waals surface area (Å²) in [5.74, 6) is 1.55. The smallest absolute Gasteiger partial charge is 0.138 e. The molecule has 0 aromatic heterocycles. The molecular weight excluding hydrogens is 280 g/mol. The number of benzene rings is 1. The number of aryl methyl sites for hydroxylation is 1. The normalized spacial score (nSPS) is 13.3. The summed E-state index contributed by atoms with van der Waals surface area (Å²) in [7, 11) is 0. The summed E-state index contributed by atoms with van der Waals surface area (Å²) in [5, 5.41) is 0. The van der Waals surface area contributed by atoms with Gasteiger partial charge in [0, 0.05) is 11.8 Å². The molecule has 1 rings (SSSR count). The van der Waals surface area contributed by atoms with Crippen LogP contribution in [0.2, 0.25) is 0 Å². The van der Waals surface area contributed by atoms with Crippen molar-refractivity contribution in [2.45, 2.75) is 80.1 Å². The van der Waals surface area contributed by atoms with E-state index in [0.717, 1.165) is 12.8 Å². The van der Waals surface area contributed by atoms with E-state index < -0.39 is 0 Å². The first kappa shape index (κ1) is 19.9. The third-order valence-corrected chi connectivity index (χ3v) is 4.85. The van der Waals surface area contributed by atoms with Gasteiger partial charge in [-0.1, -0.05) is 90.1 Å². The van der Waals surface area contributed by atoms with Gasteiger partial charge in [-0.15, -0.1) is 0 Å².